The van der Waals surface area contributed by atoms with Crippen LogP contribution >= 0.6 is 12.2 Å². The van der Waals surface area contributed by atoms with Crippen LogP contribution in [0.5, 0.6) is 23.0 Å². The van der Waals surface area contributed by atoms with Gasteiger partial charge in [0, 0.05) is 5.70 Å². The van der Waals surface area contributed by atoms with Crippen LogP contribution in [0.15, 0.2) is 53.2 Å². The second-order valence-electron chi connectivity index (χ2n) is 7.68. The normalized spacial score (nSPS) is 19.1. The maximum atomic E-state index is 5.57. The standard InChI is InChI=1S/C25H28N2O4S/c1-28-19-10-8-15(13-21(19)30-3)12-16-6-5-7-18-23(16)26-25(32)27-24(18)17-9-11-20(29-2)22(14-17)31-4/h8-14,24H,5-7H2,1-4H3,(H2,26,27,32)/b16-12-/t24-/m1/s1. The van der Waals surface area contributed by atoms with Gasteiger partial charge in [0.1, 0.15) is 0 Å². The van der Waals surface area contributed by atoms with E-state index in [-0.39, 0.29) is 6.04 Å². The quantitative estimate of drug-likeness (QED) is 0.613. The summed E-state index contributed by atoms with van der Waals surface area (Å²) in [4.78, 5) is 0. The fraction of sp³-hybridized carbons (Fsp3) is 0.320. The summed E-state index contributed by atoms with van der Waals surface area (Å²) in [5, 5.41) is 7.47. The largest absolute Gasteiger partial charge is 0.493 e. The molecule has 4 rings (SSSR count). The molecule has 0 saturated heterocycles. The molecule has 1 atom stereocenters. The second kappa shape index (κ2) is 9.53. The van der Waals surface area contributed by atoms with Gasteiger partial charge in [-0.25, -0.2) is 0 Å². The number of ether oxygens (including phenoxy) is 4. The van der Waals surface area contributed by atoms with Crippen LogP contribution in [0.4, 0.5) is 0 Å². The molecule has 32 heavy (non-hydrogen) atoms. The van der Waals surface area contributed by atoms with Crippen LogP contribution in [0.25, 0.3) is 6.08 Å². The zero-order chi connectivity index (χ0) is 22.7. The van der Waals surface area contributed by atoms with Crippen molar-refractivity contribution in [2.45, 2.75) is 25.3 Å². The molecule has 2 N–H and O–H groups in total. The fourth-order valence-corrected chi connectivity index (χ4v) is 4.57. The minimum atomic E-state index is -0.0207. The molecule has 0 radical (unpaired) electrons. The number of thiocarbonyl (C=S) groups is 1. The Balaban J connectivity index is 1.75. The van der Waals surface area contributed by atoms with Crippen LogP contribution in [0.3, 0.4) is 0 Å². The van der Waals surface area contributed by atoms with E-state index in [1.54, 1.807) is 28.4 Å². The van der Waals surface area contributed by atoms with Gasteiger partial charge in [0.05, 0.1) is 34.5 Å². The molecule has 0 fully saturated rings. The Labute approximate surface area is 194 Å². The van der Waals surface area contributed by atoms with E-state index >= 15 is 0 Å². The van der Waals surface area contributed by atoms with Gasteiger partial charge in [-0.2, -0.15) is 0 Å². The van der Waals surface area contributed by atoms with Gasteiger partial charge in [0.2, 0.25) is 0 Å². The lowest BCUT2D eigenvalue weighted by atomic mass is 9.83. The van der Waals surface area contributed by atoms with Gasteiger partial charge in [0.15, 0.2) is 28.1 Å². The van der Waals surface area contributed by atoms with Crippen LogP contribution in [-0.2, 0) is 0 Å². The van der Waals surface area contributed by atoms with Crippen LogP contribution in [0, 0.1) is 0 Å². The molecule has 6 nitrogen and oxygen atoms in total. The van der Waals surface area contributed by atoms with Crippen molar-refractivity contribution in [3.8, 4) is 23.0 Å². The third-order valence-corrected chi connectivity index (χ3v) is 6.11. The number of methoxy groups -OCH3 is 4. The number of hydrogen-bond donors (Lipinski definition) is 2. The van der Waals surface area contributed by atoms with Gasteiger partial charge in [-0.05, 0) is 84.1 Å². The van der Waals surface area contributed by atoms with E-state index in [1.165, 1.54) is 11.1 Å². The van der Waals surface area contributed by atoms with Crippen molar-refractivity contribution < 1.29 is 18.9 Å². The maximum absolute atomic E-state index is 5.57. The Morgan fingerprint density at radius 2 is 1.50 bits per heavy atom. The molecule has 7 heteroatoms. The Morgan fingerprint density at radius 3 is 2.19 bits per heavy atom. The lowest BCUT2D eigenvalue weighted by molar-refractivity contribution is 0.354. The summed E-state index contributed by atoms with van der Waals surface area (Å²) in [6.45, 7) is 0. The monoisotopic (exact) mass is 452 g/mol. The van der Waals surface area contributed by atoms with Crippen LogP contribution < -0.4 is 29.6 Å². The fourth-order valence-electron chi connectivity index (χ4n) is 4.35. The highest BCUT2D eigenvalue weighted by Crippen LogP contribution is 2.41. The van der Waals surface area contributed by atoms with Gasteiger partial charge in [-0.3, -0.25) is 0 Å². The van der Waals surface area contributed by atoms with Gasteiger partial charge < -0.3 is 29.6 Å². The van der Waals surface area contributed by atoms with Gasteiger partial charge in [0.25, 0.3) is 0 Å². The van der Waals surface area contributed by atoms with E-state index in [0.717, 1.165) is 36.1 Å². The zero-order valence-electron chi connectivity index (χ0n) is 18.8. The first kappa shape index (κ1) is 22.0. The van der Waals surface area contributed by atoms with Crippen LogP contribution in [0.2, 0.25) is 0 Å². The summed E-state index contributed by atoms with van der Waals surface area (Å²) in [5.74, 6) is 2.84. The number of benzene rings is 2. The summed E-state index contributed by atoms with van der Waals surface area (Å²) in [6, 6.07) is 11.9. The minimum absolute atomic E-state index is 0.0207. The summed E-state index contributed by atoms with van der Waals surface area (Å²) in [6.07, 6.45) is 5.22. The van der Waals surface area contributed by atoms with E-state index in [2.05, 4.69) is 22.8 Å². The minimum Gasteiger partial charge on any atom is -0.493 e. The molecular weight excluding hydrogens is 424 g/mol. The summed E-state index contributed by atoms with van der Waals surface area (Å²) >= 11 is 5.57. The molecule has 1 aliphatic carbocycles. The first-order valence-corrected chi connectivity index (χ1v) is 10.9. The third kappa shape index (κ3) is 4.25. The Hall–Kier alpha value is -3.19. The predicted octanol–water partition coefficient (Wildman–Crippen LogP) is 4.76. The van der Waals surface area contributed by atoms with Gasteiger partial charge in [-0.15, -0.1) is 0 Å². The number of rotatable bonds is 6. The highest BCUT2D eigenvalue weighted by atomic mass is 32.1. The van der Waals surface area contributed by atoms with Crippen molar-refractivity contribution in [1.29, 1.82) is 0 Å². The highest BCUT2D eigenvalue weighted by Gasteiger charge is 2.31. The lowest BCUT2D eigenvalue weighted by Crippen LogP contribution is -2.45. The SMILES string of the molecule is COc1ccc(/C=C2/CCCC3=C2NC(=S)N[C@@H]3c2ccc(OC)c(OC)c2)cc1OC. The van der Waals surface area contributed by atoms with E-state index in [0.29, 0.717) is 28.1 Å². The van der Waals surface area contributed by atoms with Crippen LogP contribution in [-0.4, -0.2) is 33.6 Å². The van der Waals surface area contributed by atoms with E-state index in [9.17, 15) is 0 Å². The van der Waals surface area contributed by atoms with Crippen molar-refractivity contribution in [1.82, 2.24) is 10.6 Å². The number of nitrogens with one attached hydrogen (secondary N) is 2. The van der Waals surface area contributed by atoms with Gasteiger partial charge in [-0.1, -0.05) is 12.1 Å². The van der Waals surface area contributed by atoms with Crippen molar-refractivity contribution in [3.63, 3.8) is 0 Å². The number of allylic oxidation sites excluding steroid dienone is 1. The van der Waals surface area contributed by atoms with Crippen molar-refractivity contribution in [2.24, 2.45) is 0 Å². The molecule has 2 aromatic carbocycles. The maximum Gasteiger partial charge on any atom is 0.171 e. The first-order valence-electron chi connectivity index (χ1n) is 10.5. The summed E-state index contributed by atoms with van der Waals surface area (Å²) < 4.78 is 21.8. The van der Waals surface area contributed by atoms with Crippen molar-refractivity contribution >= 4 is 23.4 Å². The van der Waals surface area contributed by atoms with E-state index in [1.807, 2.05) is 30.3 Å². The highest BCUT2D eigenvalue weighted by molar-refractivity contribution is 7.80. The summed E-state index contributed by atoms with van der Waals surface area (Å²) in [5.41, 5.74) is 5.78. The molecule has 2 aromatic rings. The van der Waals surface area contributed by atoms with Crippen molar-refractivity contribution in [2.75, 3.05) is 28.4 Å². The lowest BCUT2D eigenvalue weighted by Gasteiger charge is -2.36. The molecule has 0 spiro atoms. The topological polar surface area (TPSA) is 61.0 Å². The van der Waals surface area contributed by atoms with Gasteiger partial charge >= 0.3 is 0 Å². The molecule has 1 aliphatic heterocycles. The molecular formula is C25H28N2O4S. The Kier molecular flexibility index (Phi) is 6.55. The molecule has 2 aliphatic rings. The predicted molar refractivity (Wildman–Crippen MR) is 130 cm³/mol. The molecule has 0 bridgehead atoms. The smallest absolute Gasteiger partial charge is 0.171 e. The van der Waals surface area contributed by atoms with Crippen molar-refractivity contribution in [3.05, 3.63) is 64.4 Å². The van der Waals surface area contributed by atoms with E-state index in [4.69, 9.17) is 31.2 Å². The first-order chi connectivity index (χ1) is 15.6. The second-order valence-corrected chi connectivity index (χ2v) is 8.09. The molecule has 0 saturated carbocycles. The Bertz CT molecular complexity index is 1090. The molecule has 0 unspecified atom stereocenters. The number of hydrogen-bond acceptors (Lipinski definition) is 5. The van der Waals surface area contributed by atoms with E-state index < -0.39 is 0 Å². The Morgan fingerprint density at radius 1 is 0.844 bits per heavy atom. The zero-order valence-corrected chi connectivity index (χ0v) is 19.6. The molecule has 1 heterocycles. The third-order valence-electron chi connectivity index (χ3n) is 5.89. The molecule has 0 amide bonds. The molecule has 168 valence electrons. The molecule has 0 aromatic heterocycles. The summed E-state index contributed by atoms with van der Waals surface area (Å²) in [7, 11) is 6.58. The average molecular weight is 453 g/mol. The van der Waals surface area contributed by atoms with Crippen LogP contribution in [0.1, 0.15) is 36.4 Å². The average Bonchev–Trinajstić information content (AvgIpc) is 2.83.